The van der Waals surface area contributed by atoms with E-state index >= 15 is 0 Å². The van der Waals surface area contributed by atoms with Crippen molar-refractivity contribution in [2.45, 2.75) is 12.8 Å². The molecule has 0 spiro atoms. The zero-order valence-corrected chi connectivity index (χ0v) is 13.1. The molecular formula is C14H13BrF3N3O. The average molecular weight is 376 g/mol. The number of hydrogen-bond acceptors (Lipinski definition) is 4. The maximum absolute atomic E-state index is 12.5. The van der Waals surface area contributed by atoms with E-state index in [9.17, 15) is 13.2 Å². The normalized spacial score (nSPS) is 11.4. The van der Waals surface area contributed by atoms with Crippen molar-refractivity contribution in [3.63, 3.8) is 0 Å². The van der Waals surface area contributed by atoms with Crippen LogP contribution in [0.4, 0.5) is 18.9 Å². The van der Waals surface area contributed by atoms with E-state index in [4.69, 9.17) is 10.6 Å². The molecule has 0 bridgehead atoms. The van der Waals surface area contributed by atoms with Crippen molar-refractivity contribution in [3.05, 3.63) is 52.3 Å². The number of ether oxygens (including phenoxy) is 1. The number of nitrogens with two attached hydrogens (primary N) is 1. The lowest BCUT2D eigenvalue weighted by Gasteiger charge is -2.18. The maximum Gasteiger partial charge on any atom is 0.417 e. The lowest BCUT2D eigenvalue weighted by molar-refractivity contribution is -0.137. The fourth-order valence-electron chi connectivity index (χ4n) is 1.74. The van der Waals surface area contributed by atoms with Gasteiger partial charge in [0.15, 0.2) is 5.75 Å². The van der Waals surface area contributed by atoms with E-state index in [0.717, 1.165) is 12.3 Å². The van der Waals surface area contributed by atoms with Gasteiger partial charge in [0.05, 0.1) is 21.4 Å². The van der Waals surface area contributed by atoms with Gasteiger partial charge in [-0.3, -0.25) is 4.98 Å². The maximum atomic E-state index is 12.5. The molecule has 0 amide bonds. The van der Waals surface area contributed by atoms with E-state index in [1.807, 2.05) is 0 Å². The third kappa shape index (κ3) is 3.89. The molecule has 0 fully saturated rings. The first-order valence-electron chi connectivity index (χ1n) is 6.21. The number of anilines is 1. The van der Waals surface area contributed by atoms with E-state index in [2.05, 4.69) is 20.9 Å². The smallest absolute Gasteiger partial charge is 0.417 e. The number of hydrazine groups is 1. The Kier molecular flexibility index (Phi) is 4.92. The van der Waals surface area contributed by atoms with Crippen molar-refractivity contribution in [2.24, 2.45) is 5.84 Å². The van der Waals surface area contributed by atoms with Gasteiger partial charge in [0.2, 0.25) is 0 Å². The van der Waals surface area contributed by atoms with Crippen LogP contribution >= 0.6 is 15.9 Å². The van der Waals surface area contributed by atoms with E-state index in [1.165, 1.54) is 11.1 Å². The summed E-state index contributed by atoms with van der Waals surface area (Å²) in [5.74, 6) is 6.21. The Balaban J connectivity index is 2.14. The quantitative estimate of drug-likeness (QED) is 0.652. The first-order chi connectivity index (χ1) is 10.3. The first kappa shape index (κ1) is 16.6. The molecule has 1 aromatic carbocycles. The van der Waals surface area contributed by atoms with Crippen LogP contribution < -0.4 is 15.6 Å². The zero-order valence-electron chi connectivity index (χ0n) is 11.6. The fourth-order valence-corrected chi connectivity index (χ4v) is 2.21. The van der Waals surface area contributed by atoms with Crippen molar-refractivity contribution < 1.29 is 17.9 Å². The predicted octanol–water partition coefficient (Wildman–Crippen LogP) is 3.75. The molecule has 118 valence electrons. The molecule has 1 aromatic heterocycles. The van der Waals surface area contributed by atoms with Gasteiger partial charge < -0.3 is 9.75 Å². The summed E-state index contributed by atoms with van der Waals surface area (Å²) in [7, 11) is 1.66. The van der Waals surface area contributed by atoms with Crippen molar-refractivity contribution >= 4 is 21.6 Å². The van der Waals surface area contributed by atoms with Gasteiger partial charge in [0.1, 0.15) is 6.61 Å². The van der Waals surface area contributed by atoms with Crippen LogP contribution in [0.25, 0.3) is 0 Å². The van der Waals surface area contributed by atoms with E-state index in [-0.39, 0.29) is 6.61 Å². The molecule has 0 radical (unpaired) electrons. The molecule has 1 heterocycles. The number of alkyl halides is 3. The third-order valence-electron chi connectivity index (χ3n) is 2.84. The van der Waals surface area contributed by atoms with Gasteiger partial charge in [0, 0.05) is 13.2 Å². The molecular weight excluding hydrogens is 363 g/mol. The SMILES string of the molecule is CN(N)c1cccc(Br)c1OCc1ccc(C(F)(F)F)cn1. The summed E-state index contributed by atoms with van der Waals surface area (Å²) in [5.41, 5.74) is 0.232. The molecule has 2 rings (SSSR count). The Morgan fingerprint density at radius 1 is 1.27 bits per heavy atom. The van der Waals surface area contributed by atoms with Gasteiger partial charge in [-0.15, -0.1) is 0 Å². The molecule has 0 atom stereocenters. The molecule has 2 aromatic rings. The highest BCUT2D eigenvalue weighted by Crippen LogP contribution is 2.35. The van der Waals surface area contributed by atoms with Gasteiger partial charge in [-0.1, -0.05) is 6.07 Å². The molecule has 8 heteroatoms. The monoisotopic (exact) mass is 375 g/mol. The number of nitrogens with zero attached hydrogens (tertiary/aromatic N) is 2. The number of benzene rings is 1. The second kappa shape index (κ2) is 6.53. The summed E-state index contributed by atoms with van der Waals surface area (Å²) in [6.07, 6.45) is -3.61. The molecule has 0 saturated carbocycles. The second-order valence-electron chi connectivity index (χ2n) is 4.52. The topological polar surface area (TPSA) is 51.4 Å². The highest BCUT2D eigenvalue weighted by molar-refractivity contribution is 9.10. The highest BCUT2D eigenvalue weighted by atomic mass is 79.9. The van der Waals surface area contributed by atoms with Crippen molar-refractivity contribution in [1.29, 1.82) is 0 Å². The molecule has 4 nitrogen and oxygen atoms in total. The lowest BCUT2D eigenvalue weighted by atomic mass is 10.2. The van der Waals surface area contributed by atoms with Gasteiger partial charge >= 0.3 is 6.18 Å². The molecule has 22 heavy (non-hydrogen) atoms. The number of aromatic nitrogens is 1. The predicted molar refractivity (Wildman–Crippen MR) is 80.3 cm³/mol. The van der Waals surface area contributed by atoms with Crippen LogP contribution in [0.3, 0.4) is 0 Å². The number of para-hydroxylation sites is 1. The minimum absolute atomic E-state index is 0.0294. The Labute approximate surface area is 133 Å². The minimum atomic E-state index is -4.40. The molecule has 0 aliphatic carbocycles. The summed E-state index contributed by atoms with van der Waals surface area (Å²) in [6, 6.07) is 7.60. The lowest BCUT2D eigenvalue weighted by Crippen LogP contribution is -2.25. The summed E-state index contributed by atoms with van der Waals surface area (Å²) in [4.78, 5) is 3.76. The Morgan fingerprint density at radius 3 is 2.55 bits per heavy atom. The van der Waals surface area contributed by atoms with E-state index < -0.39 is 11.7 Å². The van der Waals surface area contributed by atoms with Crippen molar-refractivity contribution in [1.82, 2.24) is 4.98 Å². The number of halogens is 4. The van der Waals surface area contributed by atoms with Gasteiger partial charge in [-0.05, 0) is 40.2 Å². The standard InChI is InChI=1S/C14H13BrF3N3O/c1-21(19)12-4-2-3-11(15)13(12)22-8-10-6-5-9(7-20-10)14(16,17)18/h2-7H,8,19H2,1H3. The van der Waals surface area contributed by atoms with E-state index in [1.54, 1.807) is 25.2 Å². The fraction of sp³-hybridized carbons (Fsp3) is 0.214. The first-order valence-corrected chi connectivity index (χ1v) is 7.00. The number of pyridine rings is 1. The zero-order chi connectivity index (χ0) is 16.3. The number of rotatable bonds is 4. The number of hydrogen-bond donors (Lipinski definition) is 1. The summed E-state index contributed by atoms with van der Waals surface area (Å²) in [5, 5.41) is 1.39. The van der Waals surface area contributed by atoms with Crippen molar-refractivity contribution in [2.75, 3.05) is 12.1 Å². The van der Waals surface area contributed by atoms with Gasteiger partial charge in [0.25, 0.3) is 0 Å². The van der Waals surface area contributed by atoms with Crippen LogP contribution in [0.5, 0.6) is 5.75 Å². The summed E-state index contributed by atoms with van der Waals surface area (Å²) in [6.45, 7) is 0.0294. The Hall–Kier alpha value is -1.80. The highest BCUT2D eigenvalue weighted by Gasteiger charge is 2.30. The molecule has 0 aliphatic rings. The molecule has 0 saturated heterocycles. The molecule has 0 aliphatic heterocycles. The van der Waals surface area contributed by atoms with Crippen LogP contribution in [0, 0.1) is 0 Å². The van der Waals surface area contributed by atoms with Crippen LogP contribution in [-0.4, -0.2) is 12.0 Å². The van der Waals surface area contributed by atoms with Gasteiger partial charge in [-0.2, -0.15) is 13.2 Å². The summed E-state index contributed by atoms with van der Waals surface area (Å²) >= 11 is 3.35. The van der Waals surface area contributed by atoms with Gasteiger partial charge in [-0.25, -0.2) is 5.84 Å². The van der Waals surface area contributed by atoms with Crippen molar-refractivity contribution in [3.8, 4) is 5.75 Å². The Bertz CT molecular complexity index is 645. The van der Waals surface area contributed by atoms with Crippen LogP contribution in [-0.2, 0) is 12.8 Å². The second-order valence-corrected chi connectivity index (χ2v) is 5.38. The van der Waals surface area contributed by atoms with E-state index in [0.29, 0.717) is 21.6 Å². The van der Waals surface area contributed by atoms with Crippen LogP contribution in [0.15, 0.2) is 41.0 Å². The average Bonchev–Trinajstić information content (AvgIpc) is 2.45. The van der Waals surface area contributed by atoms with Crippen LogP contribution in [0.2, 0.25) is 0 Å². The molecule has 0 unspecified atom stereocenters. The third-order valence-corrected chi connectivity index (χ3v) is 3.47. The van der Waals surface area contributed by atoms with Crippen LogP contribution in [0.1, 0.15) is 11.3 Å². The minimum Gasteiger partial charge on any atom is -0.484 e. The summed E-state index contributed by atoms with van der Waals surface area (Å²) < 4.78 is 43.7. The Morgan fingerprint density at radius 2 is 2.00 bits per heavy atom. The molecule has 2 N–H and O–H groups in total. The largest absolute Gasteiger partial charge is 0.484 e.